The predicted molar refractivity (Wildman–Crippen MR) is 88.9 cm³/mol. The third-order valence-electron chi connectivity index (χ3n) is 3.44. The highest BCUT2D eigenvalue weighted by molar-refractivity contribution is 5.27. The summed E-state index contributed by atoms with van der Waals surface area (Å²) in [4.78, 5) is 0. The van der Waals surface area contributed by atoms with Gasteiger partial charge in [0.1, 0.15) is 12.4 Å². The first-order chi connectivity index (χ1) is 10.4. The quantitative estimate of drug-likeness (QED) is 0.554. The van der Waals surface area contributed by atoms with Crippen molar-refractivity contribution >= 4 is 0 Å². The first-order valence-corrected chi connectivity index (χ1v) is 8.31. The lowest BCUT2D eigenvalue weighted by Gasteiger charge is -2.08. The van der Waals surface area contributed by atoms with E-state index in [1.807, 2.05) is 19.2 Å². The Kier molecular flexibility index (Phi) is 10.8. The number of unbranched alkanes of at least 4 members (excludes halogenated alkanes) is 5. The Balaban J connectivity index is 1.94. The topological polar surface area (TPSA) is 30.5 Å². The minimum atomic E-state index is 0.626. The number of ether oxygens (including phenoxy) is 2. The van der Waals surface area contributed by atoms with Gasteiger partial charge in [0.2, 0.25) is 0 Å². The number of nitrogens with one attached hydrogen (secondary N) is 1. The Morgan fingerprint density at radius 2 is 1.57 bits per heavy atom. The molecule has 3 nitrogen and oxygen atoms in total. The molecule has 0 spiro atoms. The third-order valence-corrected chi connectivity index (χ3v) is 3.44. The minimum Gasteiger partial charge on any atom is -0.491 e. The number of hydrogen-bond acceptors (Lipinski definition) is 3. The van der Waals surface area contributed by atoms with Crippen LogP contribution in [0.15, 0.2) is 24.3 Å². The molecule has 0 atom stereocenters. The zero-order chi connectivity index (χ0) is 15.2. The van der Waals surface area contributed by atoms with Crippen molar-refractivity contribution in [2.75, 3.05) is 26.9 Å². The second-order valence-electron chi connectivity index (χ2n) is 5.40. The molecule has 1 aromatic rings. The van der Waals surface area contributed by atoms with Crippen molar-refractivity contribution in [1.29, 1.82) is 0 Å². The van der Waals surface area contributed by atoms with Gasteiger partial charge in [0.05, 0.1) is 6.61 Å². The molecule has 21 heavy (non-hydrogen) atoms. The van der Waals surface area contributed by atoms with Crippen molar-refractivity contribution < 1.29 is 9.47 Å². The highest BCUT2D eigenvalue weighted by Gasteiger charge is 1.96. The molecule has 0 aliphatic rings. The van der Waals surface area contributed by atoms with Crippen LogP contribution in [-0.4, -0.2) is 26.9 Å². The highest BCUT2D eigenvalue weighted by atomic mass is 16.5. The zero-order valence-corrected chi connectivity index (χ0v) is 13.7. The van der Waals surface area contributed by atoms with Gasteiger partial charge in [-0.3, -0.25) is 0 Å². The maximum Gasteiger partial charge on any atom is 0.119 e. The summed E-state index contributed by atoms with van der Waals surface area (Å²) in [5, 5.41) is 3.13. The third kappa shape index (κ3) is 9.48. The molecule has 1 rings (SSSR count). The molecule has 0 radical (unpaired) electrons. The van der Waals surface area contributed by atoms with Crippen LogP contribution < -0.4 is 10.1 Å². The maximum absolute atomic E-state index is 5.65. The summed E-state index contributed by atoms with van der Waals surface area (Å²) in [5.41, 5.74) is 1.27. The molecule has 0 aliphatic carbocycles. The summed E-state index contributed by atoms with van der Waals surface area (Å²) >= 11 is 0. The first kappa shape index (κ1) is 18.0. The van der Waals surface area contributed by atoms with E-state index in [0.717, 1.165) is 18.9 Å². The van der Waals surface area contributed by atoms with Gasteiger partial charge in [-0.1, -0.05) is 51.2 Å². The van der Waals surface area contributed by atoms with Crippen LogP contribution >= 0.6 is 0 Å². The van der Waals surface area contributed by atoms with Crippen LogP contribution in [0.2, 0.25) is 0 Å². The minimum absolute atomic E-state index is 0.626. The van der Waals surface area contributed by atoms with E-state index in [1.54, 1.807) is 0 Å². The summed E-state index contributed by atoms with van der Waals surface area (Å²) in [6.07, 6.45) is 7.83. The number of rotatable bonds is 13. The van der Waals surface area contributed by atoms with E-state index in [1.165, 1.54) is 44.1 Å². The van der Waals surface area contributed by atoms with E-state index in [9.17, 15) is 0 Å². The summed E-state index contributed by atoms with van der Waals surface area (Å²) in [5.74, 6) is 0.915. The van der Waals surface area contributed by atoms with Gasteiger partial charge in [0, 0.05) is 13.2 Å². The molecule has 0 bridgehead atoms. The monoisotopic (exact) mass is 293 g/mol. The van der Waals surface area contributed by atoms with Crippen molar-refractivity contribution in [3.05, 3.63) is 29.8 Å². The molecule has 0 amide bonds. The second-order valence-corrected chi connectivity index (χ2v) is 5.40. The molecular weight excluding hydrogens is 262 g/mol. The fourth-order valence-corrected chi connectivity index (χ4v) is 2.21. The van der Waals surface area contributed by atoms with Gasteiger partial charge in [0.15, 0.2) is 0 Å². The number of hydrogen-bond donors (Lipinski definition) is 1. The van der Waals surface area contributed by atoms with Gasteiger partial charge < -0.3 is 14.8 Å². The lowest BCUT2D eigenvalue weighted by molar-refractivity contribution is 0.0970. The van der Waals surface area contributed by atoms with E-state index in [0.29, 0.717) is 13.2 Å². The van der Waals surface area contributed by atoms with E-state index in [4.69, 9.17) is 9.47 Å². The van der Waals surface area contributed by atoms with Gasteiger partial charge in [-0.15, -0.1) is 0 Å². The summed E-state index contributed by atoms with van der Waals surface area (Å²) in [6.45, 7) is 5.30. The average Bonchev–Trinajstić information content (AvgIpc) is 2.51. The molecule has 120 valence electrons. The predicted octanol–water partition coefficient (Wildman–Crippen LogP) is 4.16. The molecule has 3 heteroatoms. The van der Waals surface area contributed by atoms with Crippen molar-refractivity contribution in [3.8, 4) is 5.75 Å². The van der Waals surface area contributed by atoms with Crippen LogP contribution in [0.5, 0.6) is 5.75 Å². The molecule has 0 aromatic heterocycles. The molecule has 0 saturated carbocycles. The normalized spacial score (nSPS) is 10.8. The number of benzene rings is 1. The fourth-order valence-electron chi connectivity index (χ4n) is 2.21. The zero-order valence-electron chi connectivity index (χ0n) is 13.7. The smallest absolute Gasteiger partial charge is 0.119 e. The molecule has 0 saturated heterocycles. The molecule has 0 unspecified atom stereocenters. The average molecular weight is 293 g/mol. The van der Waals surface area contributed by atoms with Gasteiger partial charge in [0.25, 0.3) is 0 Å². The van der Waals surface area contributed by atoms with Crippen molar-refractivity contribution in [1.82, 2.24) is 5.32 Å². The molecule has 0 aliphatic heterocycles. The standard InChI is InChI=1S/C18H31NO2/c1-3-4-5-6-7-8-13-20-14-15-21-18-11-9-17(10-12-18)16-19-2/h9-12,19H,3-8,13-16H2,1-2H3. The van der Waals surface area contributed by atoms with Crippen LogP contribution in [0.4, 0.5) is 0 Å². The molecule has 0 heterocycles. The van der Waals surface area contributed by atoms with E-state index in [-0.39, 0.29) is 0 Å². The van der Waals surface area contributed by atoms with Crippen LogP contribution in [-0.2, 0) is 11.3 Å². The molecular formula is C18H31NO2. The molecule has 0 fully saturated rings. The Bertz CT molecular complexity index is 338. The summed E-state index contributed by atoms with van der Waals surface area (Å²) < 4.78 is 11.2. The highest BCUT2D eigenvalue weighted by Crippen LogP contribution is 2.12. The Morgan fingerprint density at radius 1 is 0.857 bits per heavy atom. The van der Waals surface area contributed by atoms with Gasteiger partial charge >= 0.3 is 0 Å². The maximum atomic E-state index is 5.65. The van der Waals surface area contributed by atoms with Crippen LogP contribution in [0.3, 0.4) is 0 Å². The van der Waals surface area contributed by atoms with Crippen molar-refractivity contribution in [2.45, 2.75) is 52.0 Å². The van der Waals surface area contributed by atoms with Crippen LogP contribution in [0.1, 0.15) is 51.0 Å². The lowest BCUT2D eigenvalue weighted by Crippen LogP contribution is -2.08. The summed E-state index contributed by atoms with van der Waals surface area (Å²) in [7, 11) is 1.95. The van der Waals surface area contributed by atoms with Crippen molar-refractivity contribution in [2.24, 2.45) is 0 Å². The van der Waals surface area contributed by atoms with Crippen LogP contribution in [0.25, 0.3) is 0 Å². The van der Waals surface area contributed by atoms with Crippen LogP contribution in [0, 0.1) is 0 Å². The largest absolute Gasteiger partial charge is 0.491 e. The Morgan fingerprint density at radius 3 is 2.29 bits per heavy atom. The SMILES string of the molecule is CCCCCCCCOCCOc1ccc(CNC)cc1. The fraction of sp³-hybridized carbons (Fsp3) is 0.667. The lowest BCUT2D eigenvalue weighted by atomic mass is 10.1. The Labute approximate surface area is 130 Å². The van der Waals surface area contributed by atoms with E-state index < -0.39 is 0 Å². The first-order valence-electron chi connectivity index (χ1n) is 8.31. The van der Waals surface area contributed by atoms with Crippen molar-refractivity contribution in [3.63, 3.8) is 0 Å². The Hall–Kier alpha value is -1.06. The molecule has 1 N–H and O–H groups in total. The second kappa shape index (κ2) is 12.7. The van der Waals surface area contributed by atoms with E-state index in [2.05, 4.69) is 24.4 Å². The summed E-state index contributed by atoms with van der Waals surface area (Å²) in [6, 6.07) is 8.20. The van der Waals surface area contributed by atoms with E-state index >= 15 is 0 Å². The van der Waals surface area contributed by atoms with Gasteiger partial charge in [-0.05, 0) is 31.2 Å². The van der Waals surface area contributed by atoms with Gasteiger partial charge in [-0.25, -0.2) is 0 Å². The van der Waals surface area contributed by atoms with Gasteiger partial charge in [-0.2, -0.15) is 0 Å². The molecule has 1 aromatic carbocycles.